The van der Waals surface area contributed by atoms with E-state index >= 15 is 0 Å². The van der Waals surface area contributed by atoms with E-state index in [2.05, 4.69) is 0 Å². The number of nitrogens with two attached hydrogens (primary N) is 1. The summed E-state index contributed by atoms with van der Waals surface area (Å²) in [7, 11) is 0. The van der Waals surface area contributed by atoms with Crippen LogP contribution in [0.5, 0.6) is 0 Å². The SMILES string of the molecule is N=C(N)c1ccc(Sc2cccc(C=O)c2)cc1. The maximum Gasteiger partial charge on any atom is 0.150 e. The van der Waals surface area contributed by atoms with Crippen LogP contribution in [0, 0.1) is 5.41 Å². The largest absolute Gasteiger partial charge is 0.384 e. The minimum atomic E-state index is 0.0644. The number of carbonyl (C=O) groups excluding carboxylic acids is 1. The van der Waals surface area contributed by atoms with E-state index in [0.29, 0.717) is 11.1 Å². The molecule has 0 heterocycles. The highest BCUT2D eigenvalue weighted by molar-refractivity contribution is 7.99. The van der Waals surface area contributed by atoms with Gasteiger partial charge in [0.2, 0.25) is 0 Å². The van der Waals surface area contributed by atoms with E-state index in [-0.39, 0.29) is 5.84 Å². The molecule has 0 aliphatic carbocycles. The molecule has 2 rings (SSSR count). The van der Waals surface area contributed by atoms with Crippen molar-refractivity contribution in [3.63, 3.8) is 0 Å². The van der Waals surface area contributed by atoms with Gasteiger partial charge >= 0.3 is 0 Å². The Labute approximate surface area is 110 Å². The van der Waals surface area contributed by atoms with Gasteiger partial charge in [-0.05, 0) is 24.3 Å². The lowest BCUT2D eigenvalue weighted by atomic mass is 10.2. The van der Waals surface area contributed by atoms with E-state index in [9.17, 15) is 4.79 Å². The van der Waals surface area contributed by atoms with Crippen molar-refractivity contribution in [2.45, 2.75) is 9.79 Å². The van der Waals surface area contributed by atoms with Crippen molar-refractivity contribution in [2.24, 2.45) is 5.73 Å². The lowest BCUT2D eigenvalue weighted by Gasteiger charge is -2.03. The van der Waals surface area contributed by atoms with Crippen molar-refractivity contribution in [1.82, 2.24) is 0 Å². The first-order chi connectivity index (χ1) is 8.69. The summed E-state index contributed by atoms with van der Waals surface area (Å²) in [5.41, 5.74) is 6.77. The molecule has 18 heavy (non-hydrogen) atoms. The predicted molar refractivity (Wildman–Crippen MR) is 73.4 cm³/mol. The lowest BCUT2D eigenvalue weighted by Crippen LogP contribution is -2.10. The summed E-state index contributed by atoms with van der Waals surface area (Å²) in [6, 6.07) is 14.9. The number of hydrogen-bond acceptors (Lipinski definition) is 3. The molecule has 0 aromatic heterocycles. The van der Waals surface area contributed by atoms with Crippen LogP contribution >= 0.6 is 11.8 Å². The van der Waals surface area contributed by atoms with Gasteiger partial charge in [0.1, 0.15) is 12.1 Å². The molecule has 2 aromatic rings. The summed E-state index contributed by atoms with van der Waals surface area (Å²) in [6.45, 7) is 0. The summed E-state index contributed by atoms with van der Waals surface area (Å²) in [4.78, 5) is 12.7. The quantitative estimate of drug-likeness (QED) is 0.502. The number of carbonyl (C=O) groups is 1. The van der Waals surface area contributed by atoms with Gasteiger partial charge < -0.3 is 5.73 Å². The van der Waals surface area contributed by atoms with E-state index in [1.165, 1.54) is 0 Å². The highest BCUT2D eigenvalue weighted by Crippen LogP contribution is 2.28. The van der Waals surface area contributed by atoms with Crippen LogP contribution in [0.3, 0.4) is 0 Å². The van der Waals surface area contributed by atoms with Crippen molar-refractivity contribution >= 4 is 23.9 Å². The van der Waals surface area contributed by atoms with Gasteiger partial charge in [-0.2, -0.15) is 0 Å². The monoisotopic (exact) mass is 256 g/mol. The van der Waals surface area contributed by atoms with E-state index in [0.717, 1.165) is 16.1 Å². The molecule has 90 valence electrons. The maximum atomic E-state index is 10.7. The number of amidine groups is 1. The molecule has 0 atom stereocenters. The zero-order chi connectivity index (χ0) is 13.0. The Balaban J connectivity index is 2.17. The zero-order valence-electron chi connectivity index (χ0n) is 9.59. The van der Waals surface area contributed by atoms with Crippen LogP contribution in [0.4, 0.5) is 0 Å². The number of aldehydes is 1. The van der Waals surface area contributed by atoms with Crippen LogP contribution in [0.1, 0.15) is 15.9 Å². The number of nitrogens with one attached hydrogen (secondary N) is 1. The topological polar surface area (TPSA) is 66.9 Å². The maximum absolute atomic E-state index is 10.7. The second kappa shape index (κ2) is 5.51. The Morgan fingerprint density at radius 1 is 1.11 bits per heavy atom. The Kier molecular flexibility index (Phi) is 3.79. The second-order valence-electron chi connectivity index (χ2n) is 3.73. The molecule has 0 bridgehead atoms. The summed E-state index contributed by atoms with van der Waals surface area (Å²) < 4.78 is 0. The summed E-state index contributed by atoms with van der Waals surface area (Å²) in [5, 5.41) is 7.31. The van der Waals surface area contributed by atoms with E-state index < -0.39 is 0 Å². The molecular weight excluding hydrogens is 244 g/mol. The summed E-state index contributed by atoms with van der Waals surface area (Å²) in [6.07, 6.45) is 0.836. The second-order valence-corrected chi connectivity index (χ2v) is 4.88. The van der Waals surface area contributed by atoms with Crippen LogP contribution in [-0.4, -0.2) is 12.1 Å². The van der Waals surface area contributed by atoms with Gasteiger partial charge in [-0.25, -0.2) is 0 Å². The van der Waals surface area contributed by atoms with Crippen LogP contribution < -0.4 is 5.73 Å². The van der Waals surface area contributed by atoms with Gasteiger partial charge in [0, 0.05) is 20.9 Å². The molecule has 3 nitrogen and oxygen atoms in total. The molecule has 0 amide bonds. The van der Waals surface area contributed by atoms with E-state index in [1.807, 2.05) is 42.5 Å². The smallest absolute Gasteiger partial charge is 0.150 e. The molecule has 0 unspecified atom stereocenters. The standard InChI is InChI=1S/C14H12N2OS/c15-14(16)11-4-6-12(7-5-11)18-13-3-1-2-10(8-13)9-17/h1-9H,(H3,15,16). The Bertz CT molecular complexity index is 579. The van der Waals surface area contributed by atoms with Crippen molar-refractivity contribution in [3.05, 3.63) is 59.7 Å². The first-order valence-corrected chi connectivity index (χ1v) is 6.18. The van der Waals surface area contributed by atoms with Crippen LogP contribution in [0.15, 0.2) is 58.3 Å². The number of hydrogen-bond donors (Lipinski definition) is 2. The third kappa shape index (κ3) is 2.99. The van der Waals surface area contributed by atoms with Gasteiger partial charge in [-0.3, -0.25) is 10.2 Å². The third-order valence-electron chi connectivity index (χ3n) is 2.40. The molecule has 0 aliphatic rings. The minimum Gasteiger partial charge on any atom is -0.384 e. The Morgan fingerprint density at radius 3 is 2.44 bits per heavy atom. The van der Waals surface area contributed by atoms with Crippen molar-refractivity contribution in [1.29, 1.82) is 5.41 Å². The zero-order valence-corrected chi connectivity index (χ0v) is 10.4. The van der Waals surface area contributed by atoms with Gasteiger partial charge in [0.25, 0.3) is 0 Å². The molecule has 0 spiro atoms. The lowest BCUT2D eigenvalue weighted by molar-refractivity contribution is 0.112. The van der Waals surface area contributed by atoms with Crippen LogP contribution in [0.25, 0.3) is 0 Å². The molecule has 0 saturated heterocycles. The third-order valence-corrected chi connectivity index (χ3v) is 3.39. The fraction of sp³-hybridized carbons (Fsp3) is 0. The highest BCUT2D eigenvalue weighted by atomic mass is 32.2. The minimum absolute atomic E-state index is 0.0644. The van der Waals surface area contributed by atoms with Crippen LogP contribution in [0.2, 0.25) is 0 Å². The van der Waals surface area contributed by atoms with Crippen LogP contribution in [-0.2, 0) is 0 Å². The van der Waals surface area contributed by atoms with Gasteiger partial charge in [0.15, 0.2) is 0 Å². The molecule has 4 heteroatoms. The van der Waals surface area contributed by atoms with Gasteiger partial charge in [0.05, 0.1) is 0 Å². The van der Waals surface area contributed by atoms with Crippen molar-refractivity contribution in [3.8, 4) is 0 Å². The molecule has 2 aromatic carbocycles. The molecule has 0 radical (unpaired) electrons. The first kappa shape index (κ1) is 12.4. The fourth-order valence-electron chi connectivity index (χ4n) is 1.49. The molecular formula is C14H12N2OS. The van der Waals surface area contributed by atoms with Gasteiger partial charge in [-0.15, -0.1) is 0 Å². The number of rotatable bonds is 4. The normalized spacial score (nSPS) is 10.0. The molecule has 0 saturated carbocycles. The van der Waals surface area contributed by atoms with E-state index in [1.54, 1.807) is 17.8 Å². The van der Waals surface area contributed by atoms with E-state index in [4.69, 9.17) is 11.1 Å². The van der Waals surface area contributed by atoms with Crippen molar-refractivity contribution < 1.29 is 4.79 Å². The Hall–Kier alpha value is -2.07. The summed E-state index contributed by atoms with van der Waals surface area (Å²) in [5.74, 6) is 0.0644. The summed E-state index contributed by atoms with van der Waals surface area (Å²) >= 11 is 1.57. The number of benzene rings is 2. The molecule has 3 N–H and O–H groups in total. The Morgan fingerprint density at radius 2 is 1.83 bits per heavy atom. The number of nitrogen functional groups attached to an aromatic ring is 1. The van der Waals surface area contributed by atoms with Gasteiger partial charge in [-0.1, -0.05) is 36.0 Å². The molecule has 0 aliphatic heterocycles. The average molecular weight is 256 g/mol. The average Bonchev–Trinajstić information content (AvgIpc) is 2.39. The van der Waals surface area contributed by atoms with Crippen molar-refractivity contribution in [2.75, 3.05) is 0 Å². The molecule has 0 fully saturated rings. The first-order valence-electron chi connectivity index (χ1n) is 5.36. The predicted octanol–water partition coefficient (Wildman–Crippen LogP) is 2.93. The highest BCUT2D eigenvalue weighted by Gasteiger charge is 2.00. The fourth-order valence-corrected chi connectivity index (χ4v) is 2.38.